The number of hydrogen-bond acceptors (Lipinski definition) is 2. The van der Waals surface area contributed by atoms with Gasteiger partial charge in [-0.05, 0) is 31.6 Å². The minimum absolute atomic E-state index is 0.0245. The quantitative estimate of drug-likeness (QED) is 0.677. The molecule has 3 heteroatoms. The van der Waals surface area contributed by atoms with Gasteiger partial charge in [0, 0.05) is 5.92 Å². The molecule has 0 aromatic heterocycles. The predicted molar refractivity (Wildman–Crippen MR) is 50.7 cm³/mol. The van der Waals surface area contributed by atoms with Crippen molar-refractivity contribution in [2.75, 3.05) is 0 Å². The van der Waals surface area contributed by atoms with Crippen LogP contribution in [0.25, 0.3) is 0 Å². The molecule has 4 atom stereocenters. The van der Waals surface area contributed by atoms with Crippen molar-refractivity contribution in [1.82, 2.24) is 0 Å². The van der Waals surface area contributed by atoms with E-state index in [1.807, 2.05) is 12.2 Å². The molecule has 14 heavy (non-hydrogen) atoms. The number of ketones is 1. The van der Waals surface area contributed by atoms with E-state index >= 15 is 0 Å². The number of rotatable bonds is 2. The van der Waals surface area contributed by atoms with Crippen molar-refractivity contribution in [2.45, 2.75) is 19.8 Å². The van der Waals surface area contributed by atoms with E-state index < -0.39 is 11.9 Å². The second-order valence-electron chi connectivity index (χ2n) is 4.29. The Kier molecular flexibility index (Phi) is 2.17. The second-order valence-corrected chi connectivity index (χ2v) is 4.29. The Balaban J connectivity index is 2.33. The first-order valence-corrected chi connectivity index (χ1v) is 5.03. The molecule has 0 aromatic carbocycles. The SMILES string of the molecule is CC(=O)C1C2C=CC(CC2)C1C(=O)O. The smallest absolute Gasteiger partial charge is 0.307 e. The fourth-order valence-corrected chi connectivity index (χ4v) is 2.89. The lowest BCUT2D eigenvalue weighted by Gasteiger charge is -2.41. The highest BCUT2D eigenvalue weighted by atomic mass is 16.4. The summed E-state index contributed by atoms with van der Waals surface area (Å²) < 4.78 is 0. The summed E-state index contributed by atoms with van der Waals surface area (Å²) in [7, 11) is 0. The molecule has 3 aliphatic rings. The number of fused-ring (bicyclic) bond motifs is 2. The number of carbonyl (C=O) groups is 2. The average Bonchev–Trinajstić information content (AvgIpc) is 2.17. The maximum absolute atomic E-state index is 11.4. The van der Waals surface area contributed by atoms with Crippen LogP contribution in [-0.4, -0.2) is 16.9 Å². The molecule has 3 nitrogen and oxygen atoms in total. The minimum atomic E-state index is -0.816. The van der Waals surface area contributed by atoms with Gasteiger partial charge in [-0.25, -0.2) is 0 Å². The lowest BCUT2D eigenvalue weighted by Crippen LogP contribution is -2.44. The monoisotopic (exact) mass is 194 g/mol. The van der Waals surface area contributed by atoms with Crippen molar-refractivity contribution in [1.29, 1.82) is 0 Å². The largest absolute Gasteiger partial charge is 0.481 e. The number of carboxylic acids is 1. The maximum Gasteiger partial charge on any atom is 0.307 e. The zero-order chi connectivity index (χ0) is 10.3. The third-order valence-corrected chi connectivity index (χ3v) is 3.50. The summed E-state index contributed by atoms with van der Waals surface area (Å²) in [6.07, 6.45) is 5.89. The lowest BCUT2D eigenvalue weighted by atomic mass is 9.61. The van der Waals surface area contributed by atoms with Crippen LogP contribution in [0, 0.1) is 23.7 Å². The van der Waals surface area contributed by atoms with E-state index in [9.17, 15) is 9.59 Å². The van der Waals surface area contributed by atoms with Gasteiger partial charge in [0.15, 0.2) is 0 Å². The summed E-state index contributed by atoms with van der Waals surface area (Å²) in [6, 6.07) is 0. The van der Waals surface area contributed by atoms with E-state index in [0.717, 1.165) is 12.8 Å². The molecular weight excluding hydrogens is 180 g/mol. The summed E-state index contributed by atoms with van der Waals surface area (Å²) in [6.45, 7) is 1.51. The van der Waals surface area contributed by atoms with Crippen molar-refractivity contribution < 1.29 is 14.7 Å². The van der Waals surface area contributed by atoms with Crippen molar-refractivity contribution >= 4 is 11.8 Å². The molecule has 0 aromatic rings. The number of aliphatic carboxylic acids is 1. The van der Waals surface area contributed by atoms with Gasteiger partial charge < -0.3 is 5.11 Å². The third kappa shape index (κ3) is 1.27. The van der Waals surface area contributed by atoms with Crippen LogP contribution in [0.5, 0.6) is 0 Å². The fourth-order valence-electron chi connectivity index (χ4n) is 2.89. The van der Waals surface area contributed by atoms with Gasteiger partial charge in [0.1, 0.15) is 5.78 Å². The molecule has 0 radical (unpaired) electrons. The van der Waals surface area contributed by atoms with Crippen LogP contribution in [0.3, 0.4) is 0 Å². The Hall–Kier alpha value is -1.12. The Morgan fingerprint density at radius 1 is 1.14 bits per heavy atom. The fraction of sp³-hybridized carbons (Fsp3) is 0.636. The van der Waals surface area contributed by atoms with Crippen molar-refractivity contribution in [3.05, 3.63) is 12.2 Å². The molecule has 2 bridgehead atoms. The summed E-state index contributed by atoms with van der Waals surface area (Å²) >= 11 is 0. The first-order valence-electron chi connectivity index (χ1n) is 5.03. The molecular formula is C11H14O3. The van der Waals surface area contributed by atoms with E-state index in [4.69, 9.17) is 5.11 Å². The standard InChI is InChI=1S/C11H14O3/c1-6(12)9-7-2-4-8(5-3-7)10(9)11(13)14/h2,4,7-10H,3,5H2,1H3,(H,13,14). The van der Waals surface area contributed by atoms with E-state index in [-0.39, 0.29) is 23.5 Å². The molecule has 1 N–H and O–H groups in total. The molecule has 0 saturated heterocycles. The van der Waals surface area contributed by atoms with Crippen LogP contribution in [0.15, 0.2) is 12.2 Å². The van der Waals surface area contributed by atoms with E-state index in [1.165, 1.54) is 6.92 Å². The first-order chi connectivity index (χ1) is 6.61. The Morgan fingerprint density at radius 3 is 1.93 bits per heavy atom. The van der Waals surface area contributed by atoms with E-state index in [0.29, 0.717) is 0 Å². The lowest BCUT2D eigenvalue weighted by molar-refractivity contribution is -0.151. The predicted octanol–water partition coefficient (Wildman–Crippen LogP) is 1.49. The second kappa shape index (κ2) is 3.23. The summed E-state index contributed by atoms with van der Waals surface area (Å²) in [5.41, 5.74) is 0. The summed E-state index contributed by atoms with van der Waals surface area (Å²) in [5, 5.41) is 9.09. The molecule has 76 valence electrons. The summed E-state index contributed by atoms with van der Waals surface area (Å²) in [4.78, 5) is 22.5. The number of hydrogen-bond donors (Lipinski definition) is 1. The van der Waals surface area contributed by atoms with Crippen LogP contribution >= 0.6 is 0 Å². The molecule has 1 saturated carbocycles. The van der Waals surface area contributed by atoms with Crippen LogP contribution in [0.4, 0.5) is 0 Å². The molecule has 1 fully saturated rings. The Bertz CT molecular complexity index is 276. The van der Waals surface area contributed by atoms with Gasteiger partial charge >= 0.3 is 5.97 Å². The van der Waals surface area contributed by atoms with Crippen LogP contribution in [0.2, 0.25) is 0 Å². The van der Waals surface area contributed by atoms with Crippen molar-refractivity contribution in [2.24, 2.45) is 23.7 Å². The van der Waals surface area contributed by atoms with Gasteiger partial charge in [0.2, 0.25) is 0 Å². The van der Waals surface area contributed by atoms with Crippen LogP contribution in [0.1, 0.15) is 19.8 Å². The summed E-state index contributed by atoms with van der Waals surface area (Å²) in [5.74, 6) is -1.31. The van der Waals surface area contributed by atoms with E-state index in [1.54, 1.807) is 0 Å². The highest BCUT2D eigenvalue weighted by molar-refractivity contribution is 5.86. The highest BCUT2D eigenvalue weighted by Crippen LogP contribution is 2.45. The van der Waals surface area contributed by atoms with Crippen LogP contribution in [-0.2, 0) is 9.59 Å². The minimum Gasteiger partial charge on any atom is -0.481 e. The normalized spacial score (nSPS) is 39.8. The maximum atomic E-state index is 11.4. The highest BCUT2D eigenvalue weighted by Gasteiger charge is 2.46. The molecule has 0 aliphatic heterocycles. The molecule has 0 amide bonds. The zero-order valence-corrected chi connectivity index (χ0v) is 8.14. The van der Waals surface area contributed by atoms with Gasteiger partial charge in [-0.2, -0.15) is 0 Å². The number of carboxylic acid groups (broad SMARTS) is 1. The molecule has 3 rings (SSSR count). The van der Waals surface area contributed by atoms with Gasteiger partial charge in [-0.1, -0.05) is 12.2 Å². The molecule has 3 aliphatic carbocycles. The Morgan fingerprint density at radius 2 is 1.64 bits per heavy atom. The molecule has 0 heterocycles. The number of carbonyl (C=O) groups excluding carboxylic acids is 1. The van der Waals surface area contributed by atoms with Crippen molar-refractivity contribution in [3.8, 4) is 0 Å². The van der Waals surface area contributed by atoms with Gasteiger partial charge in [0.05, 0.1) is 5.92 Å². The van der Waals surface area contributed by atoms with Crippen molar-refractivity contribution in [3.63, 3.8) is 0 Å². The van der Waals surface area contributed by atoms with Gasteiger partial charge in [-0.3, -0.25) is 9.59 Å². The van der Waals surface area contributed by atoms with Gasteiger partial charge in [0.25, 0.3) is 0 Å². The number of allylic oxidation sites excluding steroid dienone is 2. The average molecular weight is 194 g/mol. The zero-order valence-electron chi connectivity index (χ0n) is 8.14. The third-order valence-electron chi connectivity index (χ3n) is 3.50. The molecule has 0 spiro atoms. The molecule has 4 unspecified atom stereocenters. The van der Waals surface area contributed by atoms with Crippen LogP contribution < -0.4 is 0 Å². The Labute approximate surface area is 82.8 Å². The topological polar surface area (TPSA) is 54.4 Å². The number of Topliss-reactive ketones (excluding diaryl/α,β-unsaturated/α-hetero) is 1. The van der Waals surface area contributed by atoms with E-state index in [2.05, 4.69) is 0 Å². The van der Waals surface area contributed by atoms with Gasteiger partial charge in [-0.15, -0.1) is 0 Å². The first kappa shape index (κ1) is 9.44.